The van der Waals surface area contributed by atoms with Crippen LogP contribution >= 0.6 is 23.4 Å². The monoisotopic (exact) mass is 466 g/mol. The molecule has 0 saturated heterocycles. The molecule has 0 aliphatic carbocycles. The van der Waals surface area contributed by atoms with Gasteiger partial charge in [0.15, 0.2) is 0 Å². The SMILES string of the molecule is CS(=O)(=O)N(CC(=O)NCCSc1ccc(Cl)cc1)c1cccc(C(F)(F)F)c1. The Kier molecular flexibility index (Phi) is 7.84. The molecule has 0 unspecified atom stereocenters. The van der Waals surface area contributed by atoms with Crippen molar-refractivity contribution in [3.05, 3.63) is 59.1 Å². The number of nitrogens with one attached hydrogen (secondary N) is 1. The van der Waals surface area contributed by atoms with Crippen LogP contribution in [0.5, 0.6) is 0 Å². The van der Waals surface area contributed by atoms with Crippen molar-refractivity contribution >= 4 is 45.0 Å². The van der Waals surface area contributed by atoms with Crippen LogP contribution in [0.3, 0.4) is 0 Å². The fourth-order valence-electron chi connectivity index (χ4n) is 2.31. The quantitative estimate of drug-likeness (QED) is 0.471. The molecule has 0 spiro atoms. The summed E-state index contributed by atoms with van der Waals surface area (Å²) in [6, 6.07) is 11.0. The van der Waals surface area contributed by atoms with Crippen molar-refractivity contribution in [3.63, 3.8) is 0 Å². The molecule has 0 aliphatic rings. The highest BCUT2D eigenvalue weighted by Crippen LogP contribution is 2.32. The lowest BCUT2D eigenvalue weighted by atomic mass is 10.2. The number of hydrogen-bond acceptors (Lipinski definition) is 4. The lowest BCUT2D eigenvalue weighted by Gasteiger charge is -2.22. The van der Waals surface area contributed by atoms with E-state index in [0.717, 1.165) is 23.3 Å². The Morgan fingerprint density at radius 3 is 2.41 bits per heavy atom. The van der Waals surface area contributed by atoms with Crippen LogP contribution in [-0.2, 0) is 21.0 Å². The van der Waals surface area contributed by atoms with Gasteiger partial charge in [-0.15, -0.1) is 11.8 Å². The largest absolute Gasteiger partial charge is 0.416 e. The van der Waals surface area contributed by atoms with Gasteiger partial charge in [-0.05, 0) is 42.5 Å². The average Bonchev–Trinajstić information content (AvgIpc) is 2.63. The maximum atomic E-state index is 12.9. The molecule has 0 aromatic heterocycles. The van der Waals surface area contributed by atoms with Gasteiger partial charge in [0, 0.05) is 22.2 Å². The van der Waals surface area contributed by atoms with E-state index in [-0.39, 0.29) is 12.2 Å². The second-order valence-corrected chi connectivity index (χ2v) is 9.48. The first-order valence-corrected chi connectivity index (χ1v) is 11.5. The van der Waals surface area contributed by atoms with E-state index in [9.17, 15) is 26.4 Å². The van der Waals surface area contributed by atoms with Gasteiger partial charge < -0.3 is 5.32 Å². The van der Waals surface area contributed by atoms with Gasteiger partial charge >= 0.3 is 6.18 Å². The van der Waals surface area contributed by atoms with Crippen molar-refractivity contribution in [2.75, 3.05) is 29.4 Å². The molecule has 0 saturated carbocycles. The molecule has 0 radical (unpaired) electrons. The minimum atomic E-state index is -4.62. The second-order valence-electron chi connectivity index (χ2n) is 5.97. The maximum Gasteiger partial charge on any atom is 0.416 e. The van der Waals surface area contributed by atoms with E-state index in [4.69, 9.17) is 11.6 Å². The molecule has 0 atom stereocenters. The zero-order valence-corrected chi connectivity index (χ0v) is 17.6. The topological polar surface area (TPSA) is 66.5 Å². The molecule has 1 amide bonds. The van der Waals surface area contributed by atoms with Gasteiger partial charge in [-0.1, -0.05) is 17.7 Å². The molecule has 11 heteroatoms. The number of hydrogen-bond donors (Lipinski definition) is 1. The Morgan fingerprint density at radius 1 is 1.17 bits per heavy atom. The number of thioether (sulfide) groups is 1. The Labute approximate surface area is 176 Å². The average molecular weight is 467 g/mol. The number of rotatable bonds is 8. The molecule has 0 bridgehead atoms. The molecule has 1 N–H and O–H groups in total. The van der Waals surface area contributed by atoms with E-state index in [1.54, 1.807) is 12.1 Å². The summed E-state index contributed by atoms with van der Waals surface area (Å²) in [5.41, 5.74) is -1.23. The number of carbonyl (C=O) groups excluding carboxylic acids is 1. The van der Waals surface area contributed by atoms with E-state index in [1.807, 2.05) is 12.1 Å². The number of amides is 1. The van der Waals surface area contributed by atoms with Gasteiger partial charge in [-0.2, -0.15) is 13.2 Å². The highest BCUT2D eigenvalue weighted by molar-refractivity contribution is 7.99. The summed E-state index contributed by atoms with van der Waals surface area (Å²) in [4.78, 5) is 13.1. The second kappa shape index (κ2) is 9.73. The fraction of sp³-hybridized carbons (Fsp3) is 0.278. The fourth-order valence-corrected chi connectivity index (χ4v) is 4.06. The Balaban J connectivity index is 1.98. The van der Waals surface area contributed by atoms with E-state index < -0.39 is 34.2 Å². The smallest absolute Gasteiger partial charge is 0.354 e. The van der Waals surface area contributed by atoms with Crippen LogP contribution in [0.4, 0.5) is 18.9 Å². The number of carbonyl (C=O) groups is 1. The number of anilines is 1. The molecule has 2 aromatic carbocycles. The normalized spacial score (nSPS) is 11.9. The van der Waals surface area contributed by atoms with Crippen molar-refractivity contribution in [3.8, 4) is 0 Å². The van der Waals surface area contributed by atoms with Crippen LogP contribution in [-0.4, -0.2) is 39.4 Å². The van der Waals surface area contributed by atoms with Crippen LogP contribution in [0.15, 0.2) is 53.4 Å². The van der Waals surface area contributed by atoms with Crippen molar-refractivity contribution in [1.29, 1.82) is 0 Å². The van der Waals surface area contributed by atoms with Crippen LogP contribution in [0.2, 0.25) is 5.02 Å². The van der Waals surface area contributed by atoms with Gasteiger partial charge in [0.05, 0.1) is 17.5 Å². The predicted octanol–water partition coefficient (Wildman–Crippen LogP) is 4.03. The maximum absolute atomic E-state index is 12.9. The summed E-state index contributed by atoms with van der Waals surface area (Å²) in [6.45, 7) is -0.363. The van der Waals surface area contributed by atoms with Crippen LogP contribution in [0.1, 0.15) is 5.56 Å². The van der Waals surface area contributed by atoms with E-state index >= 15 is 0 Å². The summed E-state index contributed by atoms with van der Waals surface area (Å²) in [5, 5.41) is 3.18. The van der Waals surface area contributed by atoms with E-state index in [1.165, 1.54) is 17.8 Å². The molecule has 158 valence electrons. The van der Waals surface area contributed by atoms with Crippen LogP contribution < -0.4 is 9.62 Å². The first-order chi connectivity index (χ1) is 13.5. The van der Waals surface area contributed by atoms with Crippen LogP contribution in [0.25, 0.3) is 0 Å². The van der Waals surface area contributed by atoms with Gasteiger partial charge in [0.25, 0.3) is 0 Å². The molecular formula is C18H18ClF3N2O3S2. The van der Waals surface area contributed by atoms with Gasteiger partial charge in [-0.25, -0.2) is 8.42 Å². The lowest BCUT2D eigenvalue weighted by Crippen LogP contribution is -2.41. The molecule has 0 fully saturated rings. The Morgan fingerprint density at radius 2 is 1.83 bits per heavy atom. The minimum absolute atomic E-state index is 0.229. The molecule has 2 aromatic rings. The zero-order chi connectivity index (χ0) is 21.7. The number of benzene rings is 2. The predicted molar refractivity (Wildman–Crippen MR) is 109 cm³/mol. The van der Waals surface area contributed by atoms with E-state index in [0.29, 0.717) is 21.1 Å². The molecule has 0 aliphatic heterocycles. The van der Waals surface area contributed by atoms with Crippen molar-refractivity contribution in [1.82, 2.24) is 5.32 Å². The van der Waals surface area contributed by atoms with Crippen LogP contribution in [0, 0.1) is 0 Å². The summed E-state index contributed by atoms with van der Waals surface area (Å²) in [5.74, 6) is -0.0972. The standard InChI is InChI=1S/C18H18ClF3N2O3S2/c1-29(26,27)24(15-4-2-3-13(11-15)18(20,21)22)12-17(25)23-9-10-28-16-7-5-14(19)6-8-16/h2-8,11H,9-10,12H2,1H3,(H,23,25). The summed E-state index contributed by atoms with van der Waals surface area (Å²) < 4.78 is 63.4. The number of halogens is 4. The van der Waals surface area contributed by atoms with Gasteiger partial charge in [0.2, 0.25) is 15.9 Å². The summed E-state index contributed by atoms with van der Waals surface area (Å²) in [6.07, 6.45) is -3.79. The first kappa shape index (κ1) is 23.4. The molecule has 2 rings (SSSR count). The Bertz CT molecular complexity index is 952. The molecular weight excluding hydrogens is 449 g/mol. The van der Waals surface area contributed by atoms with Crippen molar-refractivity contribution < 1.29 is 26.4 Å². The first-order valence-electron chi connectivity index (χ1n) is 8.27. The molecule has 5 nitrogen and oxygen atoms in total. The van der Waals surface area contributed by atoms with E-state index in [2.05, 4.69) is 5.32 Å². The summed E-state index contributed by atoms with van der Waals surface area (Å²) >= 11 is 7.27. The number of nitrogens with zero attached hydrogens (tertiary/aromatic N) is 1. The van der Waals surface area contributed by atoms with Crippen molar-refractivity contribution in [2.24, 2.45) is 0 Å². The molecule has 29 heavy (non-hydrogen) atoms. The zero-order valence-electron chi connectivity index (χ0n) is 15.2. The van der Waals surface area contributed by atoms with Gasteiger partial charge in [-0.3, -0.25) is 9.10 Å². The lowest BCUT2D eigenvalue weighted by molar-refractivity contribution is -0.137. The highest BCUT2D eigenvalue weighted by Gasteiger charge is 2.31. The molecule has 0 heterocycles. The third-order valence-corrected chi connectivity index (χ3v) is 6.06. The Hall–Kier alpha value is -1.91. The third-order valence-electron chi connectivity index (χ3n) is 3.66. The van der Waals surface area contributed by atoms with Gasteiger partial charge in [0.1, 0.15) is 6.54 Å². The third kappa shape index (κ3) is 7.45. The minimum Gasteiger partial charge on any atom is -0.354 e. The number of sulfonamides is 1. The highest BCUT2D eigenvalue weighted by atomic mass is 35.5. The summed E-state index contributed by atoms with van der Waals surface area (Å²) in [7, 11) is -3.97. The number of alkyl halides is 3. The van der Waals surface area contributed by atoms with Crippen molar-refractivity contribution in [2.45, 2.75) is 11.1 Å².